The molecule has 0 aliphatic rings. The fourth-order valence-electron chi connectivity index (χ4n) is 1.55. The Morgan fingerprint density at radius 2 is 2.21 bits per heavy atom. The van der Waals surface area contributed by atoms with Crippen LogP contribution in [0, 0.1) is 0 Å². The first-order valence-electron chi connectivity index (χ1n) is 5.82. The Morgan fingerprint density at radius 1 is 1.47 bits per heavy atom. The number of aromatic nitrogens is 2. The summed E-state index contributed by atoms with van der Waals surface area (Å²) in [6.45, 7) is 1.84. The van der Waals surface area contributed by atoms with Crippen LogP contribution in [0.15, 0.2) is 41.1 Å². The number of carbonyl (C=O) groups is 1. The summed E-state index contributed by atoms with van der Waals surface area (Å²) in [6, 6.07) is 7.15. The van der Waals surface area contributed by atoms with E-state index >= 15 is 0 Å². The van der Waals surface area contributed by atoms with Gasteiger partial charge in [-0.3, -0.25) is 4.79 Å². The van der Waals surface area contributed by atoms with Gasteiger partial charge in [-0.25, -0.2) is 4.98 Å². The third-order valence-corrected chi connectivity index (χ3v) is 3.02. The van der Waals surface area contributed by atoms with Crippen molar-refractivity contribution >= 4 is 21.8 Å². The van der Waals surface area contributed by atoms with Crippen molar-refractivity contribution in [1.82, 2.24) is 15.3 Å². The van der Waals surface area contributed by atoms with Crippen molar-refractivity contribution in [1.29, 1.82) is 0 Å². The molecule has 0 bridgehead atoms. The van der Waals surface area contributed by atoms with Crippen LogP contribution in [0.5, 0.6) is 5.75 Å². The number of amides is 1. The fraction of sp³-hybridized carbons (Fsp3) is 0.231. The maximum absolute atomic E-state index is 11.7. The van der Waals surface area contributed by atoms with E-state index in [-0.39, 0.29) is 18.6 Å². The maximum Gasteiger partial charge on any atom is 0.258 e. The average molecular weight is 324 g/mol. The molecule has 1 amide bonds. The Bertz CT molecular complexity index is 525. The lowest BCUT2D eigenvalue weighted by atomic mass is 10.3. The van der Waals surface area contributed by atoms with E-state index in [1.807, 2.05) is 19.1 Å². The monoisotopic (exact) mass is 323 g/mol. The number of H-pyrrole nitrogens is 1. The number of nitrogens with zero attached hydrogens (tertiary/aromatic N) is 1. The van der Waals surface area contributed by atoms with Crippen LogP contribution >= 0.6 is 15.9 Å². The van der Waals surface area contributed by atoms with Gasteiger partial charge in [-0.1, -0.05) is 15.9 Å². The van der Waals surface area contributed by atoms with E-state index in [1.165, 1.54) is 0 Å². The first-order chi connectivity index (χ1) is 9.15. The lowest BCUT2D eigenvalue weighted by Gasteiger charge is -2.12. The van der Waals surface area contributed by atoms with Gasteiger partial charge in [0.25, 0.3) is 5.91 Å². The molecule has 2 aromatic rings. The molecule has 1 atom stereocenters. The Hall–Kier alpha value is -1.82. The Morgan fingerprint density at radius 3 is 2.84 bits per heavy atom. The lowest BCUT2D eigenvalue weighted by molar-refractivity contribution is -0.123. The van der Waals surface area contributed by atoms with E-state index in [1.54, 1.807) is 24.5 Å². The summed E-state index contributed by atoms with van der Waals surface area (Å²) in [7, 11) is 0. The van der Waals surface area contributed by atoms with Gasteiger partial charge in [0, 0.05) is 16.9 Å². The highest BCUT2D eigenvalue weighted by molar-refractivity contribution is 9.10. The van der Waals surface area contributed by atoms with Crippen LogP contribution in [0.3, 0.4) is 0 Å². The number of hydrogen-bond donors (Lipinski definition) is 2. The molecule has 2 rings (SSSR count). The first-order valence-corrected chi connectivity index (χ1v) is 6.61. The molecule has 5 nitrogen and oxygen atoms in total. The number of aromatic amines is 1. The van der Waals surface area contributed by atoms with Crippen LogP contribution in [-0.4, -0.2) is 22.5 Å². The van der Waals surface area contributed by atoms with Crippen LogP contribution in [0.25, 0.3) is 0 Å². The summed E-state index contributed by atoms with van der Waals surface area (Å²) in [4.78, 5) is 18.7. The second-order valence-corrected chi connectivity index (χ2v) is 4.92. The number of hydrogen-bond acceptors (Lipinski definition) is 3. The van der Waals surface area contributed by atoms with Crippen molar-refractivity contribution in [2.75, 3.05) is 6.61 Å². The zero-order chi connectivity index (χ0) is 13.7. The van der Waals surface area contributed by atoms with Gasteiger partial charge >= 0.3 is 0 Å². The summed E-state index contributed by atoms with van der Waals surface area (Å²) in [5.74, 6) is 1.19. The van der Waals surface area contributed by atoms with Crippen LogP contribution in [0.1, 0.15) is 18.8 Å². The molecule has 6 heteroatoms. The smallest absolute Gasteiger partial charge is 0.258 e. The van der Waals surface area contributed by atoms with Gasteiger partial charge in [-0.15, -0.1) is 0 Å². The van der Waals surface area contributed by atoms with Gasteiger partial charge in [-0.05, 0) is 31.2 Å². The van der Waals surface area contributed by atoms with E-state index in [0.29, 0.717) is 5.75 Å². The zero-order valence-corrected chi connectivity index (χ0v) is 12.0. The van der Waals surface area contributed by atoms with Gasteiger partial charge in [0.1, 0.15) is 11.6 Å². The normalized spacial score (nSPS) is 11.9. The quantitative estimate of drug-likeness (QED) is 0.888. The topological polar surface area (TPSA) is 67.0 Å². The lowest BCUT2D eigenvalue weighted by Crippen LogP contribution is -2.31. The van der Waals surface area contributed by atoms with Gasteiger partial charge < -0.3 is 15.0 Å². The first kappa shape index (κ1) is 13.6. The van der Waals surface area contributed by atoms with E-state index in [9.17, 15) is 4.79 Å². The van der Waals surface area contributed by atoms with E-state index in [4.69, 9.17) is 4.74 Å². The van der Waals surface area contributed by atoms with Crippen molar-refractivity contribution in [3.63, 3.8) is 0 Å². The van der Waals surface area contributed by atoms with Gasteiger partial charge in [0.2, 0.25) is 0 Å². The summed E-state index contributed by atoms with van der Waals surface area (Å²) in [6.07, 6.45) is 3.37. The minimum absolute atomic E-state index is 0.0211. The van der Waals surface area contributed by atoms with Crippen molar-refractivity contribution < 1.29 is 9.53 Å². The standard InChI is InChI=1S/C13H14BrN3O2/c1-9(13-15-6-7-16-13)17-12(18)8-19-11-4-2-10(14)3-5-11/h2-7,9H,8H2,1H3,(H,15,16)(H,17,18). The highest BCUT2D eigenvalue weighted by Crippen LogP contribution is 2.16. The maximum atomic E-state index is 11.7. The molecule has 1 aromatic carbocycles. The molecule has 1 aromatic heterocycles. The predicted molar refractivity (Wildman–Crippen MR) is 74.8 cm³/mol. The van der Waals surface area contributed by atoms with Crippen molar-refractivity contribution in [2.24, 2.45) is 0 Å². The summed E-state index contributed by atoms with van der Waals surface area (Å²) in [5, 5.41) is 2.80. The SMILES string of the molecule is CC(NC(=O)COc1ccc(Br)cc1)c1ncc[nH]1. The van der Waals surface area contributed by atoms with Gasteiger partial charge in [0.15, 0.2) is 6.61 Å². The Balaban J connectivity index is 1.80. The molecule has 0 radical (unpaired) electrons. The molecule has 1 unspecified atom stereocenters. The molecule has 1 heterocycles. The highest BCUT2D eigenvalue weighted by atomic mass is 79.9. The number of nitrogens with one attached hydrogen (secondary N) is 2. The minimum atomic E-state index is -0.188. The molecular formula is C13H14BrN3O2. The van der Waals surface area contributed by atoms with Gasteiger partial charge in [-0.2, -0.15) is 0 Å². The molecule has 19 heavy (non-hydrogen) atoms. The third kappa shape index (κ3) is 4.10. The van der Waals surface area contributed by atoms with E-state index < -0.39 is 0 Å². The molecule has 0 saturated carbocycles. The summed E-state index contributed by atoms with van der Waals surface area (Å²) < 4.78 is 6.35. The molecular weight excluding hydrogens is 310 g/mol. The number of rotatable bonds is 5. The largest absolute Gasteiger partial charge is 0.484 e. The molecule has 2 N–H and O–H groups in total. The second kappa shape index (κ2) is 6.38. The van der Waals surface area contributed by atoms with Crippen molar-refractivity contribution in [3.05, 3.63) is 47.0 Å². The van der Waals surface area contributed by atoms with Crippen LogP contribution < -0.4 is 10.1 Å². The number of ether oxygens (including phenoxy) is 1. The van der Waals surface area contributed by atoms with E-state index in [0.717, 1.165) is 10.3 Å². The van der Waals surface area contributed by atoms with Crippen LogP contribution in [0.4, 0.5) is 0 Å². The summed E-state index contributed by atoms with van der Waals surface area (Å²) in [5.41, 5.74) is 0. The van der Waals surface area contributed by atoms with E-state index in [2.05, 4.69) is 31.2 Å². The van der Waals surface area contributed by atoms with Crippen LogP contribution in [-0.2, 0) is 4.79 Å². The number of carbonyl (C=O) groups excluding carboxylic acids is 1. The molecule has 0 aliphatic carbocycles. The molecule has 0 fully saturated rings. The molecule has 100 valence electrons. The van der Waals surface area contributed by atoms with Crippen molar-refractivity contribution in [2.45, 2.75) is 13.0 Å². The second-order valence-electron chi connectivity index (χ2n) is 4.01. The van der Waals surface area contributed by atoms with Gasteiger partial charge in [0.05, 0.1) is 6.04 Å². The average Bonchev–Trinajstić information content (AvgIpc) is 2.92. The van der Waals surface area contributed by atoms with Crippen molar-refractivity contribution in [3.8, 4) is 5.75 Å². The predicted octanol–water partition coefficient (Wildman–Crippen LogP) is 2.43. The number of halogens is 1. The minimum Gasteiger partial charge on any atom is -0.484 e. The highest BCUT2D eigenvalue weighted by Gasteiger charge is 2.11. The zero-order valence-electron chi connectivity index (χ0n) is 10.4. The number of imidazole rings is 1. The van der Waals surface area contributed by atoms with Crippen LogP contribution in [0.2, 0.25) is 0 Å². The number of benzene rings is 1. The summed E-state index contributed by atoms with van der Waals surface area (Å²) >= 11 is 3.33. The fourth-order valence-corrected chi connectivity index (χ4v) is 1.81. The Kier molecular flexibility index (Phi) is 4.57. The molecule has 0 aliphatic heterocycles. The molecule has 0 spiro atoms. The molecule has 0 saturated heterocycles. The third-order valence-electron chi connectivity index (χ3n) is 2.49. The Labute approximate surface area is 119 Å².